The second-order valence-corrected chi connectivity index (χ2v) is 7.68. The summed E-state index contributed by atoms with van der Waals surface area (Å²) in [5.41, 5.74) is 1.47. The van der Waals surface area contributed by atoms with Gasteiger partial charge in [0.1, 0.15) is 5.82 Å². The second-order valence-electron chi connectivity index (χ2n) is 6.74. The van der Waals surface area contributed by atoms with Gasteiger partial charge in [0, 0.05) is 24.9 Å². The Hall–Kier alpha value is -3.52. The van der Waals surface area contributed by atoms with Crippen molar-refractivity contribution in [3.63, 3.8) is 0 Å². The van der Waals surface area contributed by atoms with Gasteiger partial charge < -0.3 is 5.32 Å². The first-order valence-electron chi connectivity index (χ1n) is 9.69. The number of hydrogen-bond donors (Lipinski definition) is 1. The van der Waals surface area contributed by atoms with Gasteiger partial charge in [0.15, 0.2) is 5.16 Å². The molecular weight excluding hydrogens is 415 g/mol. The van der Waals surface area contributed by atoms with Crippen LogP contribution >= 0.6 is 11.8 Å². The lowest BCUT2D eigenvalue weighted by Gasteiger charge is -2.13. The van der Waals surface area contributed by atoms with E-state index in [0.717, 1.165) is 17.5 Å². The Morgan fingerprint density at radius 3 is 2.71 bits per heavy atom. The molecule has 0 atom stereocenters. The molecular formula is C23H19FN4O2S. The molecule has 2 aromatic carbocycles. The maximum Gasteiger partial charge on any atom is 0.266 e. The second kappa shape index (κ2) is 9.53. The number of pyridine rings is 1. The predicted molar refractivity (Wildman–Crippen MR) is 119 cm³/mol. The minimum atomic E-state index is -0.458. The molecule has 0 unspecified atom stereocenters. The number of carbonyl (C=O) groups is 1. The van der Waals surface area contributed by atoms with E-state index in [9.17, 15) is 14.0 Å². The quantitative estimate of drug-likeness (QED) is 0.357. The lowest BCUT2D eigenvalue weighted by molar-refractivity contribution is -0.118. The maximum absolute atomic E-state index is 13.8. The van der Waals surface area contributed by atoms with Gasteiger partial charge >= 0.3 is 0 Å². The summed E-state index contributed by atoms with van der Waals surface area (Å²) >= 11 is 1.13. The average molecular weight is 434 g/mol. The number of hydrogen-bond acceptors (Lipinski definition) is 5. The standard InChI is InChI=1S/C23H19FN4O2S/c24-16-6-5-8-18(14-16)28-22(30)19-9-1-2-10-20(19)27-23(28)31-15-21(29)26-13-11-17-7-3-4-12-25-17/h1-10,12,14H,11,13,15H2,(H,26,29). The zero-order valence-electron chi connectivity index (χ0n) is 16.5. The lowest BCUT2D eigenvalue weighted by atomic mass is 10.2. The third-order valence-electron chi connectivity index (χ3n) is 4.57. The molecule has 0 aliphatic rings. The van der Waals surface area contributed by atoms with Crippen LogP contribution in [0.1, 0.15) is 5.69 Å². The van der Waals surface area contributed by atoms with Crippen LogP contribution in [0.5, 0.6) is 0 Å². The Morgan fingerprint density at radius 2 is 1.90 bits per heavy atom. The van der Waals surface area contributed by atoms with Gasteiger partial charge in [-0.05, 0) is 42.5 Å². The number of carbonyl (C=O) groups excluding carboxylic acids is 1. The summed E-state index contributed by atoms with van der Waals surface area (Å²) in [6.07, 6.45) is 2.34. The van der Waals surface area contributed by atoms with Gasteiger partial charge in [0.2, 0.25) is 5.91 Å². The van der Waals surface area contributed by atoms with Crippen molar-refractivity contribution in [1.82, 2.24) is 19.9 Å². The van der Waals surface area contributed by atoms with Crippen molar-refractivity contribution >= 4 is 28.6 Å². The maximum atomic E-state index is 13.8. The van der Waals surface area contributed by atoms with Crippen LogP contribution in [0.25, 0.3) is 16.6 Å². The fourth-order valence-electron chi connectivity index (χ4n) is 3.11. The number of amides is 1. The molecule has 0 spiro atoms. The molecule has 0 radical (unpaired) electrons. The molecule has 0 aliphatic heterocycles. The van der Waals surface area contributed by atoms with E-state index in [0.29, 0.717) is 34.7 Å². The monoisotopic (exact) mass is 434 g/mol. The summed E-state index contributed by atoms with van der Waals surface area (Å²) in [6, 6.07) is 18.4. The van der Waals surface area contributed by atoms with Crippen molar-refractivity contribution in [2.45, 2.75) is 11.6 Å². The van der Waals surface area contributed by atoms with E-state index in [-0.39, 0.29) is 17.2 Å². The molecule has 0 saturated carbocycles. The molecule has 156 valence electrons. The molecule has 1 amide bonds. The summed E-state index contributed by atoms with van der Waals surface area (Å²) in [5.74, 6) is -0.572. The molecule has 4 rings (SSSR count). The van der Waals surface area contributed by atoms with Crippen LogP contribution in [0, 0.1) is 5.82 Å². The van der Waals surface area contributed by atoms with Gasteiger partial charge in [0.05, 0.1) is 22.3 Å². The third-order valence-corrected chi connectivity index (χ3v) is 5.51. The fourth-order valence-corrected chi connectivity index (χ4v) is 3.95. The number of rotatable bonds is 7. The summed E-state index contributed by atoms with van der Waals surface area (Å²) in [7, 11) is 0. The SMILES string of the molecule is O=C(CSc1nc2ccccc2c(=O)n1-c1cccc(F)c1)NCCc1ccccn1. The topological polar surface area (TPSA) is 76.9 Å². The highest BCUT2D eigenvalue weighted by Crippen LogP contribution is 2.21. The van der Waals surface area contributed by atoms with Crippen molar-refractivity contribution in [2.24, 2.45) is 0 Å². The Morgan fingerprint density at radius 1 is 1.06 bits per heavy atom. The molecule has 2 aromatic heterocycles. The first-order valence-corrected chi connectivity index (χ1v) is 10.7. The van der Waals surface area contributed by atoms with Crippen LogP contribution in [-0.2, 0) is 11.2 Å². The van der Waals surface area contributed by atoms with Crippen LogP contribution in [-0.4, -0.2) is 32.7 Å². The smallest absolute Gasteiger partial charge is 0.266 e. The highest BCUT2D eigenvalue weighted by Gasteiger charge is 2.15. The number of aromatic nitrogens is 3. The Kier molecular flexibility index (Phi) is 6.37. The minimum absolute atomic E-state index is 0.0717. The summed E-state index contributed by atoms with van der Waals surface area (Å²) in [6.45, 7) is 0.457. The molecule has 0 aliphatic carbocycles. The molecule has 6 nitrogen and oxygen atoms in total. The first kappa shape index (κ1) is 20.7. The number of nitrogens with one attached hydrogen (secondary N) is 1. The van der Waals surface area contributed by atoms with Crippen molar-refractivity contribution < 1.29 is 9.18 Å². The fraction of sp³-hybridized carbons (Fsp3) is 0.130. The van der Waals surface area contributed by atoms with Gasteiger partial charge in [0.25, 0.3) is 5.56 Å². The van der Waals surface area contributed by atoms with Crippen LogP contribution in [0.2, 0.25) is 0 Å². The van der Waals surface area contributed by atoms with Crippen LogP contribution < -0.4 is 10.9 Å². The molecule has 0 fully saturated rings. The zero-order valence-corrected chi connectivity index (χ0v) is 17.3. The van der Waals surface area contributed by atoms with Gasteiger partial charge in [-0.15, -0.1) is 0 Å². The van der Waals surface area contributed by atoms with E-state index in [1.165, 1.54) is 22.8 Å². The average Bonchev–Trinajstić information content (AvgIpc) is 2.78. The zero-order chi connectivity index (χ0) is 21.6. The summed E-state index contributed by atoms with van der Waals surface area (Å²) in [4.78, 5) is 34.2. The van der Waals surface area contributed by atoms with E-state index in [2.05, 4.69) is 15.3 Å². The van der Waals surface area contributed by atoms with Gasteiger partial charge in [-0.1, -0.05) is 36.0 Å². The van der Waals surface area contributed by atoms with Crippen LogP contribution in [0.15, 0.2) is 82.9 Å². The van der Waals surface area contributed by atoms with E-state index in [1.807, 2.05) is 18.2 Å². The molecule has 0 bridgehead atoms. The number of thioether (sulfide) groups is 1. The first-order chi connectivity index (χ1) is 15.1. The molecule has 2 heterocycles. The van der Waals surface area contributed by atoms with Crippen LogP contribution in [0.4, 0.5) is 4.39 Å². The van der Waals surface area contributed by atoms with Gasteiger partial charge in [-0.25, -0.2) is 9.37 Å². The summed E-state index contributed by atoms with van der Waals surface area (Å²) < 4.78 is 15.2. The Balaban J connectivity index is 1.54. The van der Waals surface area contributed by atoms with E-state index in [1.54, 1.807) is 36.5 Å². The van der Waals surface area contributed by atoms with E-state index < -0.39 is 5.82 Å². The van der Waals surface area contributed by atoms with Crippen LogP contribution in [0.3, 0.4) is 0 Å². The Bertz CT molecular complexity index is 1280. The van der Waals surface area contributed by atoms with Crippen molar-refractivity contribution in [1.29, 1.82) is 0 Å². The third kappa shape index (κ3) is 4.97. The van der Waals surface area contributed by atoms with Crippen molar-refractivity contribution in [3.05, 3.63) is 94.8 Å². The highest BCUT2D eigenvalue weighted by atomic mass is 32.2. The highest BCUT2D eigenvalue weighted by molar-refractivity contribution is 7.99. The number of fused-ring (bicyclic) bond motifs is 1. The number of halogens is 1. The predicted octanol–water partition coefficient (Wildman–Crippen LogP) is 3.37. The van der Waals surface area contributed by atoms with Crippen molar-refractivity contribution in [3.8, 4) is 5.69 Å². The minimum Gasteiger partial charge on any atom is -0.355 e. The molecule has 8 heteroatoms. The largest absolute Gasteiger partial charge is 0.355 e. The van der Waals surface area contributed by atoms with Crippen molar-refractivity contribution in [2.75, 3.05) is 12.3 Å². The van der Waals surface area contributed by atoms with Gasteiger partial charge in [-0.2, -0.15) is 0 Å². The number of benzene rings is 2. The molecule has 1 N–H and O–H groups in total. The van der Waals surface area contributed by atoms with E-state index in [4.69, 9.17) is 0 Å². The van der Waals surface area contributed by atoms with Gasteiger partial charge in [-0.3, -0.25) is 19.1 Å². The Labute approximate surface area is 182 Å². The lowest BCUT2D eigenvalue weighted by Crippen LogP contribution is -2.28. The summed E-state index contributed by atoms with van der Waals surface area (Å²) in [5, 5.41) is 3.60. The van der Waals surface area contributed by atoms with E-state index >= 15 is 0 Å². The molecule has 0 saturated heterocycles. The molecule has 4 aromatic rings. The molecule has 31 heavy (non-hydrogen) atoms. The number of nitrogens with zero attached hydrogens (tertiary/aromatic N) is 3. The normalized spacial score (nSPS) is 10.9. The number of para-hydroxylation sites is 1.